The Hall–Kier alpha value is -3.16. The van der Waals surface area contributed by atoms with Crippen LogP contribution >= 0.6 is 0 Å². The van der Waals surface area contributed by atoms with Crippen LogP contribution in [0.1, 0.15) is 46.5 Å². The molecule has 1 fully saturated rings. The minimum absolute atomic E-state index is 0.0347. The highest BCUT2D eigenvalue weighted by atomic mass is 16.4. The van der Waals surface area contributed by atoms with Crippen LogP contribution in [0.4, 0.5) is 0 Å². The van der Waals surface area contributed by atoms with E-state index < -0.39 is 0 Å². The zero-order chi connectivity index (χ0) is 19.1. The molecule has 0 saturated heterocycles. The Labute approximate surface area is 157 Å². The number of benzene rings is 1. The molecule has 2 heterocycles. The number of carbonyl (C=O) groups is 1. The van der Waals surface area contributed by atoms with Crippen LogP contribution in [-0.4, -0.2) is 59.3 Å². The molecule has 0 unspecified atom stereocenters. The molecule has 27 heavy (non-hydrogen) atoms. The highest BCUT2D eigenvalue weighted by Gasteiger charge is 2.31. The van der Waals surface area contributed by atoms with Crippen LogP contribution in [0.25, 0.3) is 5.70 Å². The Morgan fingerprint density at radius 2 is 1.93 bits per heavy atom. The molecule has 0 spiro atoms. The van der Waals surface area contributed by atoms with Crippen molar-refractivity contribution in [2.24, 2.45) is 10.7 Å². The van der Waals surface area contributed by atoms with Gasteiger partial charge in [-0.1, -0.05) is 12.1 Å². The third-order valence-electron chi connectivity index (χ3n) is 4.73. The number of amides is 1. The van der Waals surface area contributed by atoms with Gasteiger partial charge in [0.25, 0.3) is 11.8 Å². The topological polar surface area (TPSA) is 101 Å². The van der Waals surface area contributed by atoms with E-state index in [0.29, 0.717) is 41.3 Å². The van der Waals surface area contributed by atoms with E-state index in [9.17, 15) is 4.79 Å². The van der Waals surface area contributed by atoms with Gasteiger partial charge in [-0.2, -0.15) is 0 Å². The van der Waals surface area contributed by atoms with Crippen molar-refractivity contribution in [3.05, 3.63) is 53.0 Å². The predicted molar refractivity (Wildman–Crippen MR) is 101 cm³/mol. The maximum absolute atomic E-state index is 12.1. The Morgan fingerprint density at radius 3 is 2.56 bits per heavy atom. The van der Waals surface area contributed by atoms with Gasteiger partial charge in [-0.05, 0) is 30.5 Å². The number of nitrogens with zero attached hydrogens (tertiary/aromatic N) is 5. The molecule has 0 radical (unpaired) electrons. The summed E-state index contributed by atoms with van der Waals surface area (Å²) in [5.41, 5.74) is 9.09. The maximum Gasteiger partial charge on any atom is 0.270 e. The lowest BCUT2D eigenvalue weighted by Gasteiger charge is -2.26. The summed E-state index contributed by atoms with van der Waals surface area (Å²) in [6.45, 7) is 0.555. The van der Waals surface area contributed by atoms with Crippen molar-refractivity contribution in [2.75, 3.05) is 27.7 Å². The fraction of sp³-hybridized carbons (Fsp3) is 0.368. The minimum atomic E-state index is -0.0347. The highest BCUT2D eigenvalue weighted by molar-refractivity contribution is 6.06. The summed E-state index contributed by atoms with van der Waals surface area (Å²) in [5, 5.41) is 8.25. The van der Waals surface area contributed by atoms with E-state index in [1.165, 1.54) is 0 Å². The second kappa shape index (κ2) is 6.53. The van der Waals surface area contributed by atoms with E-state index >= 15 is 0 Å². The average Bonchev–Trinajstić information content (AvgIpc) is 3.40. The molecule has 2 aromatic rings. The summed E-state index contributed by atoms with van der Waals surface area (Å²) >= 11 is 0. The largest absolute Gasteiger partial charge is 0.419 e. The quantitative estimate of drug-likeness (QED) is 0.883. The Bertz CT molecular complexity index is 937. The van der Waals surface area contributed by atoms with Crippen molar-refractivity contribution in [2.45, 2.75) is 18.8 Å². The van der Waals surface area contributed by atoms with E-state index in [4.69, 9.17) is 15.1 Å². The number of nitrogens with two attached hydrogens (primary N) is 1. The molecular weight excluding hydrogens is 344 g/mol. The number of hydrogen-bond donors (Lipinski definition) is 1. The number of aromatic nitrogens is 2. The summed E-state index contributed by atoms with van der Waals surface area (Å²) in [6.07, 6.45) is 2.17. The van der Waals surface area contributed by atoms with Gasteiger partial charge in [0.15, 0.2) is 5.70 Å². The summed E-state index contributed by atoms with van der Waals surface area (Å²) in [4.78, 5) is 20.2. The van der Waals surface area contributed by atoms with Crippen LogP contribution in [0.3, 0.4) is 0 Å². The molecule has 8 nitrogen and oxygen atoms in total. The average molecular weight is 366 g/mol. The Balaban J connectivity index is 1.65. The molecule has 8 heteroatoms. The SMILES string of the molecule is CN(C)C(=O)c1ccc(C2=NC(c3nnc(C4CC4)o3)=C(N)N(C)C2)cc1. The lowest BCUT2D eigenvalue weighted by Crippen LogP contribution is -2.34. The maximum atomic E-state index is 12.1. The van der Waals surface area contributed by atoms with Gasteiger partial charge in [0.1, 0.15) is 5.82 Å². The predicted octanol–water partition coefficient (Wildman–Crippen LogP) is 1.67. The smallest absolute Gasteiger partial charge is 0.270 e. The van der Waals surface area contributed by atoms with E-state index in [1.807, 2.05) is 24.1 Å². The van der Waals surface area contributed by atoms with E-state index in [1.54, 1.807) is 31.1 Å². The normalized spacial score (nSPS) is 17.1. The van der Waals surface area contributed by atoms with Gasteiger partial charge in [-0.3, -0.25) is 4.79 Å². The summed E-state index contributed by atoms with van der Waals surface area (Å²) < 4.78 is 5.78. The third kappa shape index (κ3) is 3.30. The standard InChI is InChI=1S/C19H22N6O2/c1-24(2)19(26)13-8-4-11(5-9-13)14-10-25(3)16(20)15(21-14)18-23-22-17(27-18)12-6-7-12/h4-5,8-9,12H,6-7,10,20H2,1-3H3. The number of hydrogen-bond acceptors (Lipinski definition) is 7. The van der Waals surface area contributed by atoms with Gasteiger partial charge < -0.3 is 20.0 Å². The summed E-state index contributed by atoms with van der Waals surface area (Å²) in [5.74, 6) is 1.84. The molecule has 1 aromatic heterocycles. The van der Waals surface area contributed by atoms with Gasteiger partial charge in [-0.15, -0.1) is 10.2 Å². The van der Waals surface area contributed by atoms with Gasteiger partial charge >= 0.3 is 0 Å². The van der Waals surface area contributed by atoms with Crippen molar-refractivity contribution in [3.63, 3.8) is 0 Å². The van der Waals surface area contributed by atoms with Crippen LogP contribution in [0.2, 0.25) is 0 Å². The van der Waals surface area contributed by atoms with Gasteiger partial charge in [-0.25, -0.2) is 4.99 Å². The molecular formula is C19H22N6O2. The van der Waals surface area contributed by atoms with E-state index in [2.05, 4.69) is 10.2 Å². The minimum Gasteiger partial charge on any atom is -0.419 e. The molecule has 0 bridgehead atoms. The first kappa shape index (κ1) is 17.3. The van der Waals surface area contributed by atoms with Crippen molar-refractivity contribution < 1.29 is 9.21 Å². The molecule has 1 saturated carbocycles. The van der Waals surface area contributed by atoms with Crippen LogP contribution < -0.4 is 5.73 Å². The molecule has 1 aliphatic heterocycles. The van der Waals surface area contributed by atoms with E-state index in [0.717, 1.165) is 24.1 Å². The van der Waals surface area contributed by atoms with Crippen LogP contribution in [-0.2, 0) is 0 Å². The van der Waals surface area contributed by atoms with Crippen molar-refractivity contribution >= 4 is 17.3 Å². The molecule has 140 valence electrons. The number of likely N-dealkylation sites (N-methyl/N-ethyl adjacent to an activating group) is 1. The van der Waals surface area contributed by atoms with Crippen molar-refractivity contribution in [1.29, 1.82) is 0 Å². The fourth-order valence-corrected chi connectivity index (χ4v) is 2.92. The number of rotatable bonds is 4. The molecule has 2 aliphatic rings. The summed E-state index contributed by atoms with van der Waals surface area (Å²) in [7, 11) is 5.36. The third-order valence-corrected chi connectivity index (χ3v) is 4.73. The zero-order valence-corrected chi connectivity index (χ0v) is 15.6. The monoisotopic (exact) mass is 366 g/mol. The molecule has 4 rings (SSSR count). The Morgan fingerprint density at radius 1 is 1.22 bits per heavy atom. The molecule has 0 atom stereocenters. The summed E-state index contributed by atoms with van der Waals surface area (Å²) in [6, 6.07) is 7.40. The second-order valence-corrected chi connectivity index (χ2v) is 7.15. The molecule has 2 N–H and O–H groups in total. The lowest BCUT2D eigenvalue weighted by atomic mass is 10.1. The zero-order valence-electron chi connectivity index (χ0n) is 15.6. The molecule has 1 aromatic carbocycles. The van der Waals surface area contributed by atoms with Gasteiger partial charge in [0, 0.05) is 32.6 Å². The first-order valence-electron chi connectivity index (χ1n) is 8.88. The van der Waals surface area contributed by atoms with Gasteiger partial charge in [0.05, 0.1) is 12.3 Å². The number of carbonyl (C=O) groups excluding carboxylic acids is 1. The van der Waals surface area contributed by atoms with Crippen molar-refractivity contribution in [3.8, 4) is 0 Å². The van der Waals surface area contributed by atoms with Crippen molar-refractivity contribution in [1.82, 2.24) is 20.0 Å². The van der Waals surface area contributed by atoms with Crippen LogP contribution in [0, 0.1) is 0 Å². The molecule has 1 aliphatic carbocycles. The van der Waals surface area contributed by atoms with Crippen LogP contribution in [0.15, 0.2) is 39.5 Å². The number of aliphatic imine (C=N–C) groups is 1. The first-order chi connectivity index (χ1) is 12.9. The lowest BCUT2D eigenvalue weighted by molar-refractivity contribution is 0.0827. The van der Waals surface area contributed by atoms with Gasteiger partial charge in [0.2, 0.25) is 5.89 Å². The second-order valence-electron chi connectivity index (χ2n) is 7.15. The first-order valence-corrected chi connectivity index (χ1v) is 8.88. The Kier molecular flexibility index (Phi) is 4.18. The highest BCUT2D eigenvalue weighted by Crippen LogP contribution is 2.39. The van der Waals surface area contributed by atoms with E-state index in [-0.39, 0.29) is 5.91 Å². The van der Waals surface area contributed by atoms with Crippen LogP contribution in [0.5, 0.6) is 0 Å². The molecule has 1 amide bonds. The fourth-order valence-electron chi connectivity index (χ4n) is 2.92.